The van der Waals surface area contributed by atoms with Crippen molar-refractivity contribution in [1.29, 1.82) is 0 Å². The van der Waals surface area contributed by atoms with Crippen LogP contribution in [-0.4, -0.2) is 189 Å². The van der Waals surface area contributed by atoms with E-state index < -0.39 is 125 Å². The smallest absolute Gasteiger partial charge is 0.303 e. The minimum absolute atomic E-state index is 0.210. The standard InChI is InChI=1S/C24H45NO8.C20H40N2O7.C3H6O2/c1-9-14(26)11-10-12-25-13-15-18(16(27)17(28)20(30-15)32-22(2,3)4)31-21-19(29)23(5,6)24(7,8)33-21;1-18(2,3)28-16-13(24)12(23)14(11(26-16)10-22-9-8-21)27-17-15(25)19(4,5)20(6,7)29-17;1-2-3(4)5/h15-21,25,27-29H,9-13H2,1-8H3;11-17,22-25H,8-10,21H2,1-7H3;2H2,1H3,(H,4,5). The lowest BCUT2D eigenvalue weighted by atomic mass is 9.75. The van der Waals surface area contributed by atoms with Crippen molar-refractivity contribution < 1.29 is 83.2 Å². The fourth-order valence-corrected chi connectivity index (χ4v) is 7.47. The first kappa shape index (κ1) is 61.6. The summed E-state index contributed by atoms with van der Waals surface area (Å²) in [6.45, 7) is 31.8. The molecular weight excluding hydrogens is 879 g/mol. The first-order valence-corrected chi connectivity index (χ1v) is 23.9. The van der Waals surface area contributed by atoms with E-state index in [9.17, 15) is 40.2 Å². The average molecular weight is 970 g/mol. The number of carbonyl (C=O) groups is 2. The quantitative estimate of drug-likeness (QED) is 0.0875. The van der Waals surface area contributed by atoms with Gasteiger partial charge in [-0.1, -0.05) is 41.5 Å². The van der Waals surface area contributed by atoms with Crippen LogP contribution >= 0.6 is 0 Å². The number of nitrogens with two attached hydrogens (primary N) is 1. The molecular formula is C47H91N3O17. The number of aliphatic hydroxyl groups is 6. The summed E-state index contributed by atoms with van der Waals surface area (Å²) in [5, 5.41) is 78.7. The summed E-state index contributed by atoms with van der Waals surface area (Å²) in [6.07, 6.45) is -12.4. The maximum atomic E-state index is 11.5. The van der Waals surface area contributed by atoms with Gasteiger partial charge in [-0.05, 0) is 82.2 Å². The number of ether oxygens (including phenoxy) is 8. The van der Waals surface area contributed by atoms with E-state index in [1.54, 1.807) is 6.92 Å². The van der Waals surface area contributed by atoms with E-state index in [-0.39, 0.29) is 12.2 Å². The van der Waals surface area contributed by atoms with Gasteiger partial charge in [0.25, 0.3) is 0 Å². The Kier molecular flexibility index (Phi) is 23.2. The molecule has 0 radical (unpaired) electrons. The van der Waals surface area contributed by atoms with E-state index in [4.69, 9.17) is 48.7 Å². The van der Waals surface area contributed by atoms with Crippen LogP contribution < -0.4 is 16.4 Å². The molecule has 20 heteroatoms. The van der Waals surface area contributed by atoms with Gasteiger partial charge in [-0.25, -0.2) is 0 Å². The molecule has 67 heavy (non-hydrogen) atoms. The van der Waals surface area contributed by atoms with Crippen LogP contribution in [0, 0.1) is 10.8 Å². The van der Waals surface area contributed by atoms with Gasteiger partial charge in [-0.3, -0.25) is 9.59 Å². The highest BCUT2D eigenvalue weighted by Crippen LogP contribution is 2.48. The van der Waals surface area contributed by atoms with Crippen molar-refractivity contribution >= 4 is 11.8 Å². The van der Waals surface area contributed by atoms with Gasteiger partial charge in [0.15, 0.2) is 25.2 Å². The molecule has 14 unspecified atom stereocenters. The van der Waals surface area contributed by atoms with Gasteiger partial charge < -0.3 is 90.0 Å². The number of carboxylic acid groups (broad SMARTS) is 1. The highest BCUT2D eigenvalue weighted by molar-refractivity contribution is 5.77. The molecule has 4 heterocycles. The van der Waals surface area contributed by atoms with E-state index in [2.05, 4.69) is 10.6 Å². The fourth-order valence-electron chi connectivity index (χ4n) is 7.47. The van der Waals surface area contributed by atoms with E-state index in [0.717, 1.165) is 0 Å². The van der Waals surface area contributed by atoms with Gasteiger partial charge in [0.1, 0.15) is 66.8 Å². The van der Waals surface area contributed by atoms with Crippen LogP contribution in [0.1, 0.15) is 136 Å². The number of aliphatic hydroxyl groups excluding tert-OH is 6. The van der Waals surface area contributed by atoms with Crippen molar-refractivity contribution in [3.8, 4) is 0 Å². The molecule has 0 saturated carbocycles. The monoisotopic (exact) mass is 970 g/mol. The number of Topliss-reactive ketones (excluding diaryl/α,β-unsaturated/α-hetero) is 1. The topological polar surface area (TPSA) is 300 Å². The van der Waals surface area contributed by atoms with Crippen LogP contribution in [0.25, 0.3) is 0 Å². The first-order chi connectivity index (χ1) is 30.6. The van der Waals surface area contributed by atoms with Gasteiger partial charge in [0, 0.05) is 56.3 Å². The first-order valence-electron chi connectivity index (χ1n) is 23.9. The number of ketones is 1. The summed E-state index contributed by atoms with van der Waals surface area (Å²) in [5.41, 5.74) is 1.92. The van der Waals surface area contributed by atoms with Gasteiger partial charge in [-0.15, -0.1) is 0 Å². The third-order valence-electron chi connectivity index (χ3n) is 13.2. The second-order valence-corrected chi connectivity index (χ2v) is 22.0. The van der Waals surface area contributed by atoms with E-state index >= 15 is 0 Å². The van der Waals surface area contributed by atoms with E-state index in [1.165, 1.54) is 0 Å². The van der Waals surface area contributed by atoms with Crippen LogP contribution in [0.3, 0.4) is 0 Å². The molecule has 0 bridgehead atoms. The van der Waals surface area contributed by atoms with Crippen molar-refractivity contribution in [3.63, 3.8) is 0 Å². The molecule has 0 aromatic rings. The van der Waals surface area contributed by atoms with Crippen LogP contribution in [0.5, 0.6) is 0 Å². The zero-order valence-electron chi connectivity index (χ0n) is 43.2. The summed E-state index contributed by atoms with van der Waals surface area (Å²) < 4.78 is 47.6. The van der Waals surface area contributed by atoms with Crippen molar-refractivity contribution in [3.05, 3.63) is 0 Å². The maximum Gasteiger partial charge on any atom is 0.303 e. The minimum Gasteiger partial charge on any atom is -0.481 e. The third kappa shape index (κ3) is 17.0. The van der Waals surface area contributed by atoms with Gasteiger partial charge in [-0.2, -0.15) is 0 Å². The Morgan fingerprint density at radius 3 is 1.24 bits per heavy atom. The lowest BCUT2D eigenvalue weighted by Crippen LogP contribution is -2.63. The Labute approximate surface area is 399 Å². The highest BCUT2D eigenvalue weighted by Gasteiger charge is 2.59. The molecule has 0 aromatic carbocycles. The number of aliphatic carboxylic acids is 1. The van der Waals surface area contributed by atoms with Crippen LogP contribution in [-0.2, 0) is 47.5 Å². The van der Waals surface area contributed by atoms with Crippen LogP contribution in [0.2, 0.25) is 0 Å². The summed E-state index contributed by atoms with van der Waals surface area (Å²) >= 11 is 0. The van der Waals surface area contributed by atoms with Crippen molar-refractivity contribution in [1.82, 2.24) is 10.6 Å². The van der Waals surface area contributed by atoms with Crippen molar-refractivity contribution in [2.75, 3.05) is 32.7 Å². The Morgan fingerprint density at radius 2 is 0.955 bits per heavy atom. The molecule has 4 saturated heterocycles. The SMILES string of the molecule is CC(C)(C)OC1OC(CNCCN)C(OC2OC(C)(C)C(C)(C)C2O)C(O)C1O.CCC(=O)CCCNCC1OC(OC(C)(C)C)C(O)C(O)C1OC1OC(C)(C)C(C)(C)C1O.CCC(=O)O. The van der Waals surface area contributed by atoms with Crippen LogP contribution in [0.15, 0.2) is 0 Å². The second kappa shape index (κ2) is 25.2. The van der Waals surface area contributed by atoms with E-state index in [0.29, 0.717) is 52.0 Å². The van der Waals surface area contributed by atoms with Gasteiger partial charge >= 0.3 is 5.97 Å². The zero-order chi connectivity index (χ0) is 51.7. The Hall–Kier alpha value is -1.54. The number of rotatable bonds is 18. The molecule has 20 nitrogen and oxygen atoms in total. The van der Waals surface area contributed by atoms with Gasteiger partial charge in [0.2, 0.25) is 0 Å². The minimum atomic E-state index is -1.34. The summed E-state index contributed by atoms with van der Waals surface area (Å²) in [6, 6.07) is 0. The van der Waals surface area contributed by atoms with Crippen molar-refractivity contribution in [2.24, 2.45) is 16.6 Å². The largest absolute Gasteiger partial charge is 0.481 e. The molecule has 11 N–H and O–H groups in total. The molecule has 4 fully saturated rings. The summed E-state index contributed by atoms with van der Waals surface area (Å²) in [7, 11) is 0. The van der Waals surface area contributed by atoms with Crippen molar-refractivity contribution in [2.45, 2.75) is 245 Å². The molecule has 396 valence electrons. The molecule has 0 aliphatic carbocycles. The lowest BCUT2D eigenvalue weighted by molar-refractivity contribution is -0.340. The zero-order valence-corrected chi connectivity index (χ0v) is 43.2. The molecule has 4 aliphatic heterocycles. The Morgan fingerprint density at radius 1 is 0.597 bits per heavy atom. The molecule has 0 spiro atoms. The van der Waals surface area contributed by atoms with Gasteiger partial charge in [0.05, 0.1) is 22.4 Å². The predicted molar refractivity (Wildman–Crippen MR) is 248 cm³/mol. The third-order valence-corrected chi connectivity index (χ3v) is 13.2. The number of nitrogens with one attached hydrogen (secondary N) is 2. The van der Waals surface area contributed by atoms with Crippen LogP contribution in [0.4, 0.5) is 0 Å². The summed E-state index contributed by atoms with van der Waals surface area (Å²) in [4.78, 5) is 20.9. The fraction of sp³-hybridized carbons (Fsp3) is 0.957. The summed E-state index contributed by atoms with van der Waals surface area (Å²) in [5.74, 6) is -0.535. The number of carbonyl (C=O) groups excluding carboxylic acids is 1. The maximum absolute atomic E-state index is 11.5. The average Bonchev–Trinajstić information content (AvgIpc) is 3.47. The number of hydrogen-bond donors (Lipinski definition) is 10. The highest BCUT2D eigenvalue weighted by atomic mass is 16.8. The lowest BCUT2D eigenvalue weighted by Gasteiger charge is -2.45. The Balaban J connectivity index is 0.000000420. The molecule has 4 aliphatic rings. The Bertz CT molecular complexity index is 1500. The molecule has 0 amide bonds. The number of hydrogen-bond acceptors (Lipinski definition) is 19. The molecule has 0 aromatic heterocycles. The normalized spacial score (nSPS) is 35.5. The predicted octanol–water partition coefficient (Wildman–Crippen LogP) is 1.69. The second-order valence-electron chi connectivity index (χ2n) is 22.0. The molecule has 14 atom stereocenters. The number of carboxylic acids is 1. The van der Waals surface area contributed by atoms with E-state index in [1.807, 2.05) is 104 Å². The molecule has 4 rings (SSSR count).